The highest BCUT2D eigenvalue weighted by Crippen LogP contribution is 2.49. The highest BCUT2D eigenvalue weighted by molar-refractivity contribution is 4.97. The van der Waals surface area contributed by atoms with Gasteiger partial charge in [0.1, 0.15) is 0 Å². The van der Waals surface area contributed by atoms with Gasteiger partial charge < -0.3 is 0 Å². The summed E-state index contributed by atoms with van der Waals surface area (Å²) in [7, 11) is 0. The van der Waals surface area contributed by atoms with Crippen molar-refractivity contribution in [1.29, 1.82) is 0 Å². The summed E-state index contributed by atoms with van der Waals surface area (Å²) in [5, 5.41) is 0. The van der Waals surface area contributed by atoms with Crippen molar-refractivity contribution in [3.8, 4) is 0 Å². The smallest absolute Gasteiger partial charge is 0.0295 e. The third-order valence-corrected chi connectivity index (χ3v) is 5.62. The van der Waals surface area contributed by atoms with E-state index in [9.17, 15) is 0 Å². The molecular formula is C17H34N2. The Hall–Kier alpha value is -0.0800. The molecule has 0 radical (unpaired) electrons. The summed E-state index contributed by atoms with van der Waals surface area (Å²) in [5.41, 5.74) is 3.79. The van der Waals surface area contributed by atoms with Crippen LogP contribution in [0.5, 0.6) is 0 Å². The van der Waals surface area contributed by atoms with Crippen LogP contribution < -0.4 is 11.3 Å². The summed E-state index contributed by atoms with van der Waals surface area (Å²) in [6, 6.07) is 0.565. The van der Waals surface area contributed by atoms with Gasteiger partial charge in [-0.15, -0.1) is 0 Å². The Kier molecular flexibility index (Phi) is 5.70. The van der Waals surface area contributed by atoms with Crippen molar-refractivity contribution < 1.29 is 0 Å². The Bertz CT molecular complexity index is 248. The van der Waals surface area contributed by atoms with Crippen LogP contribution in [0.25, 0.3) is 0 Å². The van der Waals surface area contributed by atoms with Gasteiger partial charge in [-0.1, -0.05) is 52.4 Å². The molecule has 0 aromatic carbocycles. The molecule has 0 amide bonds. The fraction of sp³-hybridized carbons (Fsp3) is 1.00. The predicted octanol–water partition coefficient (Wildman–Crippen LogP) is 4.40. The third-order valence-electron chi connectivity index (χ3n) is 5.62. The first-order valence-corrected chi connectivity index (χ1v) is 8.64. The van der Waals surface area contributed by atoms with Crippen molar-refractivity contribution in [1.82, 2.24) is 5.43 Å². The molecule has 0 bridgehead atoms. The van der Waals surface area contributed by atoms with Gasteiger partial charge in [0.2, 0.25) is 0 Å². The summed E-state index contributed by atoms with van der Waals surface area (Å²) in [6.07, 6.45) is 15.5. The van der Waals surface area contributed by atoms with E-state index in [-0.39, 0.29) is 0 Å². The van der Waals surface area contributed by atoms with E-state index in [1.54, 1.807) is 0 Å². The van der Waals surface area contributed by atoms with E-state index in [1.165, 1.54) is 70.6 Å². The second-order valence-corrected chi connectivity index (χ2v) is 7.56. The first-order valence-electron chi connectivity index (χ1n) is 8.64. The molecule has 112 valence electrons. The maximum absolute atomic E-state index is 6.05. The lowest BCUT2D eigenvalue weighted by Gasteiger charge is -2.43. The van der Waals surface area contributed by atoms with Crippen LogP contribution in [0.15, 0.2) is 0 Å². The fourth-order valence-corrected chi connectivity index (χ4v) is 4.99. The highest BCUT2D eigenvalue weighted by atomic mass is 15.2. The molecule has 0 aromatic rings. The van der Waals surface area contributed by atoms with Crippen molar-refractivity contribution >= 4 is 0 Å². The Morgan fingerprint density at radius 1 is 1.00 bits per heavy atom. The van der Waals surface area contributed by atoms with Crippen molar-refractivity contribution in [2.45, 2.75) is 90.5 Å². The topological polar surface area (TPSA) is 38.0 Å². The van der Waals surface area contributed by atoms with Crippen molar-refractivity contribution in [3.63, 3.8) is 0 Å². The van der Waals surface area contributed by atoms with E-state index in [4.69, 9.17) is 5.84 Å². The molecule has 0 aliphatic heterocycles. The number of nitrogens with one attached hydrogen (secondary N) is 1. The van der Waals surface area contributed by atoms with Crippen LogP contribution in [0.3, 0.4) is 0 Å². The van der Waals surface area contributed by atoms with Crippen LogP contribution in [-0.2, 0) is 0 Å². The van der Waals surface area contributed by atoms with Gasteiger partial charge >= 0.3 is 0 Å². The second-order valence-electron chi connectivity index (χ2n) is 7.56. The average Bonchev–Trinajstić information content (AvgIpc) is 2.66. The molecule has 3 N–H and O–H groups in total. The van der Waals surface area contributed by atoms with Gasteiger partial charge in [-0.3, -0.25) is 11.3 Å². The average molecular weight is 266 g/mol. The second kappa shape index (κ2) is 7.08. The molecule has 19 heavy (non-hydrogen) atoms. The summed E-state index contributed by atoms with van der Waals surface area (Å²) in [4.78, 5) is 0. The summed E-state index contributed by atoms with van der Waals surface area (Å²) in [6.45, 7) is 4.75. The van der Waals surface area contributed by atoms with E-state index in [1.807, 2.05) is 0 Å². The summed E-state index contributed by atoms with van der Waals surface area (Å²) < 4.78 is 0. The Balaban J connectivity index is 2.11. The minimum Gasteiger partial charge on any atom is -0.271 e. The van der Waals surface area contributed by atoms with E-state index >= 15 is 0 Å². The van der Waals surface area contributed by atoms with Crippen LogP contribution in [0.1, 0.15) is 84.5 Å². The quantitative estimate of drug-likeness (QED) is 0.440. The minimum atomic E-state index is 0.498. The predicted molar refractivity (Wildman–Crippen MR) is 82.7 cm³/mol. The molecule has 0 saturated heterocycles. The molecular weight excluding hydrogens is 232 g/mol. The lowest BCUT2D eigenvalue weighted by Crippen LogP contribution is -2.52. The van der Waals surface area contributed by atoms with Crippen LogP contribution >= 0.6 is 0 Å². The lowest BCUT2D eigenvalue weighted by atomic mass is 9.67. The molecule has 2 aliphatic rings. The van der Waals surface area contributed by atoms with E-state index in [2.05, 4.69) is 19.3 Å². The molecule has 2 aliphatic carbocycles. The number of hydrogen-bond donors (Lipinski definition) is 2. The van der Waals surface area contributed by atoms with Gasteiger partial charge in [0, 0.05) is 6.04 Å². The number of nitrogens with two attached hydrogens (primary N) is 1. The highest BCUT2D eigenvalue weighted by Gasteiger charge is 2.44. The zero-order valence-corrected chi connectivity index (χ0v) is 13.1. The standard InChI is InChI=1S/C17H34N2/c1-14(2)13-17(11-7-8-12-17)16(19-18)15-9-5-3-4-6-10-15/h14-16,19H,3-13,18H2,1-2H3. The van der Waals surface area contributed by atoms with Crippen molar-refractivity contribution in [2.75, 3.05) is 0 Å². The van der Waals surface area contributed by atoms with Gasteiger partial charge in [0.25, 0.3) is 0 Å². The maximum Gasteiger partial charge on any atom is 0.0295 e. The minimum absolute atomic E-state index is 0.498. The molecule has 2 heteroatoms. The van der Waals surface area contributed by atoms with Crippen LogP contribution in [0.2, 0.25) is 0 Å². The zero-order valence-electron chi connectivity index (χ0n) is 13.1. The Morgan fingerprint density at radius 2 is 1.58 bits per heavy atom. The zero-order chi connectivity index (χ0) is 13.7. The summed E-state index contributed by atoms with van der Waals surface area (Å²) >= 11 is 0. The van der Waals surface area contributed by atoms with E-state index in [0.717, 1.165) is 11.8 Å². The van der Waals surface area contributed by atoms with Crippen molar-refractivity contribution in [2.24, 2.45) is 23.1 Å². The number of hydrogen-bond acceptors (Lipinski definition) is 2. The van der Waals surface area contributed by atoms with E-state index < -0.39 is 0 Å². The van der Waals surface area contributed by atoms with E-state index in [0.29, 0.717) is 11.5 Å². The van der Waals surface area contributed by atoms with Gasteiger partial charge in [-0.25, -0.2) is 0 Å². The molecule has 2 rings (SSSR count). The van der Waals surface area contributed by atoms with Crippen LogP contribution in [0, 0.1) is 17.3 Å². The summed E-state index contributed by atoms with van der Waals surface area (Å²) in [5.74, 6) is 7.66. The number of rotatable bonds is 5. The lowest BCUT2D eigenvalue weighted by molar-refractivity contribution is 0.102. The molecule has 0 spiro atoms. The molecule has 0 aromatic heterocycles. The first kappa shape index (κ1) is 15.3. The van der Waals surface area contributed by atoms with Crippen LogP contribution in [0.4, 0.5) is 0 Å². The van der Waals surface area contributed by atoms with Crippen molar-refractivity contribution in [3.05, 3.63) is 0 Å². The van der Waals surface area contributed by atoms with Crippen LogP contribution in [-0.4, -0.2) is 6.04 Å². The van der Waals surface area contributed by atoms with Gasteiger partial charge in [0.15, 0.2) is 0 Å². The molecule has 2 nitrogen and oxygen atoms in total. The maximum atomic E-state index is 6.05. The molecule has 2 fully saturated rings. The molecule has 1 atom stereocenters. The Morgan fingerprint density at radius 3 is 2.05 bits per heavy atom. The van der Waals surface area contributed by atoms with Gasteiger partial charge in [0.05, 0.1) is 0 Å². The van der Waals surface area contributed by atoms with Gasteiger partial charge in [-0.2, -0.15) is 0 Å². The largest absolute Gasteiger partial charge is 0.271 e. The Labute approximate surface area is 119 Å². The third kappa shape index (κ3) is 3.72. The number of hydrazine groups is 1. The first-order chi connectivity index (χ1) is 9.18. The molecule has 2 saturated carbocycles. The monoisotopic (exact) mass is 266 g/mol. The SMILES string of the molecule is CC(C)CC1(C(NN)C2CCCCCC2)CCCC1. The van der Waals surface area contributed by atoms with Gasteiger partial charge in [-0.05, 0) is 49.4 Å². The molecule has 0 heterocycles. The fourth-order valence-electron chi connectivity index (χ4n) is 4.99. The molecule has 1 unspecified atom stereocenters. The normalized spacial score (nSPS) is 26.5.